The van der Waals surface area contributed by atoms with E-state index in [9.17, 15) is 0 Å². The zero-order chi connectivity index (χ0) is 24.9. The van der Waals surface area contributed by atoms with Crippen molar-refractivity contribution in [3.05, 3.63) is 82.4 Å². The van der Waals surface area contributed by atoms with Crippen LogP contribution >= 0.6 is 0 Å². The second-order valence-corrected chi connectivity index (χ2v) is 13.2. The minimum Gasteiger partial charge on any atom is -0.321 e. The lowest BCUT2D eigenvalue weighted by molar-refractivity contribution is 0.331. The number of rotatable bonds is 2. The fourth-order valence-electron chi connectivity index (χ4n) is 6.75. The van der Waals surface area contributed by atoms with E-state index in [0.29, 0.717) is 5.92 Å². The fraction of sp³-hybridized carbons (Fsp3) is 0.455. The van der Waals surface area contributed by atoms with Crippen molar-refractivity contribution < 1.29 is 0 Å². The summed E-state index contributed by atoms with van der Waals surface area (Å²) in [6.07, 6.45) is 2.49. The highest BCUT2D eigenvalue weighted by molar-refractivity contribution is 5.93. The average Bonchev–Trinajstić information content (AvgIpc) is 3.20. The summed E-state index contributed by atoms with van der Waals surface area (Å²) < 4.78 is 0. The summed E-state index contributed by atoms with van der Waals surface area (Å²) in [7, 11) is 0. The number of nitrogens with zero attached hydrogens (tertiary/aromatic N) is 2. The number of hydrogen-bond donors (Lipinski definition) is 0. The molecule has 3 aromatic carbocycles. The first kappa shape index (κ1) is 22.7. The SMILES string of the molecule is CC(C)c1ccc(N2CN3c4cc5c(cc4C(C)(C)c4cccc2c43)C(C)(C)CCC5(C)C)cc1. The topological polar surface area (TPSA) is 6.48 Å². The molecule has 0 atom stereocenters. The van der Waals surface area contributed by atoms with Crippen LogP contribution in [0.5, 0.6) is 0 Å². The van der Waals surface area contributed by atoms with E-state index in [2.05, 4.69) is 120 Å². The van der Waals surface area contributed by atoms with Gasteiger partial charge in [0.15, 0.2) is 0 Å². The van der Waals surface area contributed by atoms with Crippen LogP contribution in [0.1, 0.15) is 102 Å². The molecule has 2 heterocycles. The number of hydrogen-bond acceptors (Lipinski definition) is 2. The van der Waals surface area contributed by atoms with E-state index >= 15 is 0 Å². The van der Waals surface area contributed by atoms with Crippen molar-refractivity contribution in [2.45, 2.75) is 90.4 Å². The Bertz CT molecular complexity index is 1320. The average molecular weight is 465 g/mol. The molecular formula is C33H40N2. The summed E-state index contributed by atoms with van der Waals surface area (Å²) in [5.74, 6) is 0.548. The van der Waals surface area contributed by atoms with Crippen molar-refractivity contribution in [3.63, 3.8) is 0 Å². The molecule has 3 aliphatic rings. The molecule has 35 heavy (non-hydrogen) atoms. The molecule has 2 heteroatoms. The van der Waals surface area contributed by atoms with Gasteiger partial charge in [-0.05, 0) is 81.7 Å². The van der Waals surface area contributed by atoms with Crippen molar-refractivity contribution in [2.24, 2.45) is 0 Å². The fourth-order valence-corrected chi connectivity index (χ4v) is 6.75. The Morgan fingerprint density at radius 2 is 1.29 bits per heavy atom. The Hall–Kier alpha value is -2.74. The van der Waals surface area contributed by atoms with Crippen molar-refractivity contribution in [1.29, 1.82) is 0 Å². The Balaban J connectivity index is 1.55. The number of para-hydroxylation sites is 1. The maximum absolute atomic E-state index is 2.60. The minimum atomic E-state index is -0.0403. The number of benzene rings is 3. The molecule has 0 radical (unpaired) electrons. The summed E-state index contributed by atoms with van der Waals surface area (Å²) in [6.45, 7) is 20.0. The highest BCUT2D eigenvalue weighted by Crippen LogP contribution is 2.58. The van der Waals surface area contributed by atoms with Gasteiger partial charge in [-0.15, -0.1) is 0 Å². The first-order valence-corrected chi connectivity index (χ1v) is 13.4. The van der Waals surface area contributed by atoms with E-state index in [4.69, 9.17) is 0 Å². The van der Waals surface area contributed by atoms with Gasteiger partial charge in [-0.3, -0.25) is 0 Å². The summed E-state index contributed by atoms with van der Waals surface area (Å²) in [6, 6.07) is 21.3. The third-order valence-corrected chi connectivity index (χ3v) is 9.34. The lowest BCUT2D eigenvalue weighted by Crippen LogP contribution is -2.38. The van der Waals surface area contributed by atoms with Gasteiger partial charge >= 0.3 is 0 Å². The quantitative estimate of drug-likeness (QED) is 0.373. The van der Waals surface area contributed by atoms with Gasteiger partial charge in [-0.1, -0.05) is 85.7 Å². The molecule has 3 aromatic rings. The van der Waals surface area contributed by atoms with Crippen molar-refractivity contribution >= 4 is 22.7 Å². The van der Waals surface area contributed by atoms with Gasteiger partial charge in [-0.2, -0.15) is 0 Å². The van der Waals surface area contributed by atoms with Gasteiger partial charge in [-0.25, -0.2) is 0 Å². The molecule has 182 valence electrons. The largest absolute Gasteiger partial charge is 0.321 e. The van der Waals surface area contributed by atoms with E-state index in [1.54, 1.807) is 11.1 Å². The van der Waals surface area contributed by atoms with Gasteiger partial charge in [0.05, 0.1) is 11.4 Å². The van der Waals surface area contributed by atoms with E-state index in [-0.39, 0.29) is 16.2 Å². The van der Waals surface area contributed by atoms with Crippen LogP contribution < -0.4 is 9.80 Å². The van der Waals surface area contributed by atoms with Crippen LogP contribution in [0.25, 0.3) is 0 Å². The molecular weight excluding hydrogens is 424 g/mol. The third kappa shape index (κ3) is 3.14. The molecule has 2 aliphatic heterocycles. The van der Waals surface area contributed by atoms with E-state index in [1.165, 1.54) is 52.3 Å². The summed E-state index contributed by atoms with van der Waals surface area (Å²) >= 11 is 0. The molecule has 0 unspecified atom stereocenters. The first-order valence-electron chi connectivity index (χ1n) is 13.4. The first-order chi connectivity index (χ1) is 16.4. The van der Waals surface area contributed by atoms with E-state index < -0.39 is 0 Å². The van der Waals surface area contributed by atoms with Gasteiger partial charge < -0.3 is 9.80 Å². The monoisotopic (exact) mass is 464 g/mol. The zero-order valence-corrected chi connectivity index (χ0v) is 22.8. The molecule has 0 bridgehead atoms. The van der Waals surface area contributed by atoms with Gasteiger partial charge in [0, 0.05) is 16.8 Å². The maximum Gasteiger partial charge on any atom is 0.100 e. The smallest absolute Gasteiger partial charge is 0.100 e. The molecule has 6 rings (SSSR count). The van der Waals surface area contributed by atoms with Gasteiger partial charge in [0.2, 0.25) is 0 Å². The Morgan fingerprint density at radius 3 is 1.91 bits per heavy atom. The van der Waals surface area contributed by atoms with Gasteiger partial charge in [0.1, 0.15) is 6.67 Å². The highest BCUT2D eigenvalue weighted by atomic mass is 15.4. The standard InChI is InChI=1S/C33H40N2/c1-21(2)22-12-14-23(15-13-22)34-20-35-29-19-26-25(31(3,4)16-17-32(26,5)6)18-27(29)33(7,8)24-10-9-11-28(34)30(24)35/h9-15,18-19,21H,16-17,20H2,1-8H3. The minimum absolute atomic E-state index is 0.0403. The third-order valence-electron chi connectivity index (χ3n) is 9.34. The molecule has 0 fully saturated rings. The van der Waals surface area contributed by atoms with Crippen molar-refractivity contribution in [3.8, 4) is 0 Å². The molecule has 0 amide bonds. The summed E-state index contributed by atoms with van der Waals surface area (Å²) in [5, 5.41) is 0. The lowest BCUT2D eigenvalue weighted by atomic mass is 9.61. The lowest BCUT2D eigenvalue weighted by Gasteiger charge is -2.46. The number of anilines is 4. The van der Waals surface area contributed by atoms with Crippen LogP contribution in [0.15, 0.2) is 54.6 Å². The molecule has 1 aliphatic carbocycles. The Kier molecular flexibility index (Phi) is 4.64. The van der Waals surface area contributed by atoms with E-state index in [1.807, 2.05) is 0 Å². The van der Waals surface area contributed by atoms with Crippen molar-refractivity contribution in [1.82, 2.24) is 0 Å². The Morgan fingerprint density at radius 1 is 0.657 bits per heavy atom. The maximum atomic E-state index is 2.60. The summed E-state index contributed by atoms with van der Waals surface area (Å²) in [4.78, 5) is 5.10. The van der Waals surface area contributed by atoms with Crippen LogP contribution in [-0.4, -0.2) is 6.67 Å². The Labute approximate surface area is 212 Å². The van der Waals surface area contributed by atoms with E-state index in [0.717, 1.165) is 6.67 Å². The van der Waals surface area contributed by atoms with Crippen LogP contribution in [0.3, 0.4) is 0 Å². The van der Waals surface area contributed by atoms with Crippen LogP contribution in [0.2, 0.25) is 0 Å². The van der Waals surface area contributed by atoms with Gasteiger partial charge in [0.25, 0.3) is 0 Å². The second kappa shape index (κ2) is 7.15. The van der Waals surface area contributed by atoms with Crippen LogP contribution in [-0.2, 0) is 16.2 Å². The summed E-state index contributed by atoms with van der Waals surface area (Å²) in [5.41, 5.74) is 13.2. The van der Waals surface area contributed by atoms with Crippen LogP contribution in [0, 0.1) is 0 Å². The predicted octanol–water partition coefficient (Wildman–Crippen LogP) is 9.05. The second-order valence-electron chi connectivity index (χ2n) is 13.2. The van der Waals surface area contributed by atoms with Crippen LogP contribution in [0.4, 0.5) is 22.7 Å². The molecule has 0 saturated carbocycles. The molecule has 0 N–H and O–H groups in total. The molecule has 0 saturated heterocycles. The molecule has 0 aromatic heterocycles. The number of fused-ring (bicyclic) bond motifs is 3. The predicted molar refractivity (Wildman–Crippen MR) is 150 cm³/mol. The van der Waals surface area contributed by atoms with Crippen molar-refractivity contribution in [2.75, 3.05) is 16.5 Å². The normalized spacial score (nSPS) is 20.5. The molecule has 0 spiro atoms. The highest BCUT2D eigenvalue weighted by Gasteiger charge is 2.45. The molecule has 2 nitrogen and oxygen atoms in total. The zero-order valence-electron chi connectivity index (χ0n) is 22.8.